The van der Waals surface area contributed by atoms with E-state index in [2.05, 4.69) is 6.92 Å². The number of furan rings is 1. The molecule has 0 fully saturated rings. The number of aliphatic hydroxyl groups is 1. The van der Waals surface area contributed by atoms with Crippen molar-refractivity contribution in [3.8, 4) is 11.5 Å². The lowest BCUT2D eigenvalue weighted by atomic mass is 9.94. The molecule has 7 heteroatoms. The average molecular weight is 526 g/mol. The summed E-state index contributed by atoms with van der Waals surface area (Å²) < 4.78 is 17.4. The third kappa shape index (κ3) is 5.25. The number of unbranched alkanes of at least 4 members (excludes halogenated alkanes) is 2. The molecule has 0 bridgehead atoms. The molecule has 3 aromatic carbocycles. The van der Waals surface area contributed by atoms with Crippen molar-refractivity contribution in [2.75, 3.05) is 13.7 Å². The number of Topliss-reactive ketones (excluding diaryl/α,β-unsaturated/α-hetero) is 1. The van der Waals surface area contributed by atoms with Crippen LogP contribution in [0.25, 0.3) is 11.0 Å². The van der Waals surface area contributed by atoms with Crippen molar-refractivity contribution in [1.82, 2.24) is 4.90 Å². The molecule has 7 nitrogen and oxygen atoms in total. The van der Waals surface area contributed by atoms with Gasteiger partial charge in [0, 0.05) is 11.9 Å². The van der Waals surface area contributed by atoms with Crippen molar-refractivity contribution in [1.29, 1.82) is 0 Å². The van der Waals surface area contributed by atoms with Crippen LogP contribution in [-0.2, 0) is 11.3 Å². The molecule has 200 valence electrons. The second kappa shape index (κ2) is 11.5. The molecule has 39 heavy (non-hydrogen) atoms. The standard InChI is InChI=1S/C32H31NO6/c1-3-4-10-17-38-25-16-15-23(19-26(25)37-2)29-28(30(34)27-18-22-13-8-9-14-24(22)39-27)31(35)32(36)33(29)20-21-11-6-5-7-12-21/h5-9,11-16,18-19,29,35H,3-4,10,17,20H2,1-2H3/t29-/m1/s1. The number of carbonyl (C=O) groups excluding carboxylic acids is 2. The zero-order valence-electron chi connectivity index (χ0n) is 22.1. The number of ketones is 1. The third-order valence-electron chi connectivity index (χ3n) is 6.90. The molecular weight excluding hydrogens is 494 g/mol. The summed E-state index contributed by atoms with van der Waals surface area (Å²) in [6.07, 6.45) is 3.08. The molecule has 1 amide bonds. The molecule has 1 N–H and O–H groups in total. The van der Waals surface area contributed by atoms with Gasteiger partial charge in [0.25, 0.3) is 5.91 Å². The molecule has 1 atom stereocenters. The highest BCUT2D eigenvalue weighted by Gasteiger charge is 2.44. The first-order chi connectivity index (χ1) is 19.0. The number of aliphatic hydroxyl groups excluding tert-OH is 1. The van der Waals surface area contributed by atoms with E-state index < -0.39 is 23.5 Å². The van der Waals surface area contributed by atoms with Gasteiger partial charge in [-0.05, 0) is 41.8 Å². The minimum absolute atomic E-state index is 0.0337. The SMILES string of the molecule is CCCCCOc1ccc([C@@H]2C(C(=O)c3cc4ccccc4o3)=C(O)C(=O)N2Cc2ccccc2)cc1OC. The smallest absolute Gasteiger partial charge is 0.290 e. The average Bonchev–Trinajstić information content (AvgIpc) is 3.51. The highest BCUT2D eigenvalue weighted by atomic mass is 16.5. The van der Waals surface area contributed by atoms with E-state index in [9.17, 15) is 14.7 Å². The Morgan fingerprint density at radius 2 is 1.74 bits per heavy atom. The molecule has 0 saturated carbocycles. The summed E-state index contributed by atoms with van der Waals surface area (Å²) in [7, 11) is 1.55. The van der Waals surface area contributed by atoms with Gasteiger partial charge in [-0.25, -0.2) is 0 Å². The summed E-state index contributed by atoms with van der Waals surface area (Å²) in [5, 5.41) is 11.8. The molecule has 4 aromatic rings. The van der Waals surface area contributed by atoms with Crippen LogP contribution in [-0.4, -0.2) is 35.4 Å². The first-order valence-corrected chi connectivity index (χ1v) is 13.1. The Morgan fingerprint density at radius 3 is 2.49 bits per heavy atom. The highest BCUT2D eigenvalue weighted by molar-refractivity contribution is 6.16. The van der Waals surface area contributed by atoms with E-state index in [0.29, 0.717) is 29.3 Å². The number of amides is 1. The number of fused-ring (bicyclic) bond motifs is 1. The van der Waals surface area contributed by atoms with E-state index in [1.54, 1.807) is 37.4 Å². The molecule has 0 saturated heterocycles. The van der Waals surface area contributed by atoms with Crippen molar-refractivity contribution >= 4 is 22.7 Å². The molecule has 1 aliphatic heterocycles. The van der Waals surface area contributed by atoms with Crippen LogP contribution in [0.3, 0.4) is 0 Å². The first kappa shape index (κ1) is 26.1. The minimum Gasteiger partial charge on any atom is -0.503 e. The lowest BCUT2D eigenvalue weighted by molar-refractivity contribution is -0.130. The number of benzene rings is 3. The number of para-hydroxylation sites is 1. The van der Waals surface area contributed by atoms with E-state index in [1.165, 1.54) is 4.90 Å². The Labute approximate surface area is 227 Å². The fourth-order valence-electron chi connectivity index (χ4n) is 4.91. The number of hydrogen-bond acceptors (Lipinski definition) is 6. The highest BCUT2D eigenvalue weighted by Crippen LogP contribution is 2.43. The van der Waals surface area contributed by atoms with Crippen LogP contribution in [0.5, 0.6) is 11.5 Å². The summed E-state index contributed by atoms with van der Waals surface area (Å²) in [6.45, 7) is 2.89. The van der Waals surface area contributed by atoms with Crippen molar-refractivity contribution < 1.29 is 28.6 Å². The van der Waals surface area contributed by atoms with Gasteiger partial charge in [0.05, 0.1) is 25.3 Å². The summed E-state index contributed by atoms with van der Waals surface area (Å²) in [5.41, 5.74) is 1.99. The zero-order valence-corrected chi connectivity index (χ0v) is 22.1. The maximum atomic E-state index is 13.8. The second-order valence-electron chi connectivity index (χ2n) is 9.53. The van der Waals surface area contributed by atoms with Gasteiger partial charge in [0.1, 0.15) is 5.58 Å². The van der Waals surface area contributed by atoms with Gasteiger partial charge in [-0.1, -0.05) is 74.4 Å². The monoisotopic (exact) mass is 525 g/mol. The lowest BCUT2D eigenvalue weighted by Gasteiger charge is -2.27. The van der Waals surface area contributed by atoms with Gasteiger partial charge < -0.3 is 23.9 Å². The van der Waals surface area contributed by atoms with Crippen LogP contribution in [0.1, 0.15) is 53.9 Å². The largest absolute Gasteiger partial charge is 0.503 e. The molecular formula is C32H31NO6. The number of ether oxygens (including phenoxy) is 2. The van der Waals surface area contributed by atoms with Gasteiger partial charge in [0.15, 0.2) is 23.0 Å². The van der Waals surface area contributed by atoms with E-state index in [4.69, 9.17) is 13.9 Å². The third-order valence-corrected chi connectivity index (χ3v) is 6.90. The van der Waals surface area contributed by atoms with Gasteiger partial charge in [-0.3, -0.25) is 9.59 Å². The van der Waals surface area contributed by atoms with Crippen molar-refractivity contribution in [3.63, 3.8) is 0 Å². The van der Waals surface area contributed by atoms with Gasteiger partial charge >= 0.3 is 0 Å². The van der Waals surface area contributed by atoms with Crippen LogP contribution < -0.4 is 9.47 Å². The van der Waals surface area contributed by atoms with Crippen molar-refractivity contribution in [2.24, 2.45) is 0 Å². The summed E-state index contributed by atoms with van der Waals surface area (Å²) in [5.74, 6) is -0.633. The predicted octanol–water partition coefficient (Wildman–Crippen LogP) is 6.79. The maximum absolute atomic E-state index is 13.8. The van der Waals surface area contributed by atoms with Crippen molar-refractivity contribution in [2.45, 2.75) is 38.8 Å². The summed E-state index contributed by atoms with van der Waals surface area (Å²) in [4.78, 5) is 28.7. The normalized spacial score (nSPS) is 15.3. The number of rotatable bonds is 11. The molecule has 1 aliphatic rings. The zero-order chi connectivity index (χ0) is 27.4. The molecule has 2 heterocycles. The Hall–Kier alpha value is -4.52. The molecule has 1 aromatic heterocycles. The molecule has 0 radical (unpaired) electrons. The number of carbonyl (C=O) groups is 2. The molecule has 5 rings (SSSR count). The first-order valence-electron chi connectivity index (χ1n) is 13.1. The molecule has 0 unspecified atom stereocenters. The van der Waals surface area contributed by atoms with Crippen LogP contribution in [0.4, 0.5) is 0 Å². The van der Waals surface area contributed by atoms with E-state index >= 15 is 0 Å². The van der Waals surface area contributed by atoms with Crippen LogP contribution >= 0.6 is 0 Å². The Bertz CT molecular complexity index is 1490. The fraction of sp³-hybridized carbons (Fsp3) is 0.250. The fourth-order valence-corrected chi connectivity index (χ4v) is 4.91. The van der Waals surface area contributed by atoms with Crippen molar-refractivity contribution in [3.05, 3.63) is 107 Å². The molecule has 0 aliphatic carbocycles. The number of hydrogen-bond donors (Lipinski definition) is 1. The van der Waals surface area contributed by atoms with Gasteiger partial charge in [0.2, 0.25) is 5.78 Å². The quantitative estimate of drug-likeness (QED) is 0.171. The number of nitrogens with zero attached hydrogens (tertiary/aromatic N) is 1. The lowest BCUT2D eigenvalue weighted by Crippen LogP contribution is -2.30. The summed E-state index contributed by atoms with van der Waals surface area (Å²) in [6, 6.07) is 22.8. The Morgan fingerprint density at radius 1 is 0.974 bits per heavy atom. The van der Waals surface area contributed by atoms with E-state index in [1.807, 2.05) is 48.5 Å². The van der Waals surface area contributed by atoms with E-state index in [-0.39, 0.29) is 17.9 Å². The number of methoxy groups -OCH3 is 1. The predicted molar refractivity (Wildman–Crippen MR) is 148 cm³/mol. The Balaban J connectivity index is 1.55. The Kier molecular flexibility index (Phi) is 7.68. The second-order valence-corrected chi connectivity index (χ2v) is 9.53. The van der Waals surface area contributed by atoms with Gasteiger partial charge in [-0.15, -0.1) is 0 Å². The van der Waals surface area contributed by atoms with Crippen LogP contribution in [0.2, 0.25) is 0 Å². The molecule has 0 spiro atoms. The van der Waals surface area contributed by atoms with Crippen LogP contribution in [0, 0.1) is 0 Å². The maximum Gasteiger partial charge on any atom is 0.290 e. The topological polar surface area (TPSA) is 89.2 Å². The van der Waals surface area contributed by atoms with Crippen LogP contribution in [0.15, 0.2) is 94.6 Å². The summed E-state index contributed by atoms with van der Waals surface area (Å²) >= 11 is 0. The minimum atomic E-state index is -0.860. The van der Waals surface area contributed by atoms with E-state index in [0.717, 1.165) is 30.2 Å². The van der Waals surface area contributed by atoms with Gasteiger partial charge in [-0.2, -0.15) is 0 Å².